The van der Waals surface area contributed by atoms with E-state index in [0.29, 0.717) is 11.5 Å². The van der Waals surface area contributed by atoms with E-state index in [1.807, 2.05) is 41.3 Å². The number of hydrogen-bond acceptors (Lipinski definition) is 4. The number of fused-ring (bicyclic) bond motifs is 1. The summed E-state index contributed by atoms with van der Waals surface area (Å²) in [6.07, 6.45) is 4.07. The molecule has 1 unspecified atom stereocenters. The van der Waals surface area contributed by atoms with Gasteiger partial charge in [0.05, 0.1) is 5.56 Å². The van der Waals surface area contributed by atoms with E-state index in [0.717, 1.165) is 17.8 Å². The van der Waals surface area contributed by atoms with Crippen molar-refractivity contribution in [2.75, 3.05) is 10.2 Å². The highest BCUT2D eigenvalue weighted by Crippen LogP contribution is 2.33. The molecule has 1 amide bonds. The van der Waals surface area contributed by atoms with Gasteiger partial charge in [0.25, 0.3) is 5.91 Å². The lowest BCUT2D eigenvalue weighted by atomic mass is 9.86. The predicted molar refractivity (Wildman–Crippen MR) is 117 cm³/mol. The Bertz CT molecular complexity index is 1040. The molecule has 148 valence electrons. The number of amides is 1. The van der Waals surface area contributed by atoms with Gasteiger partial charge in [-0.05, 0) is 42.0 Å². The fourth-order valence-corrected chi connectivity index (χ4v) is 3.88. The Morgan fingerprint density at radius 1 is 1.03 bits per heavy atom. The smallest absolute Gasteiger partial charge is 0.261 e. The summed E-state index contributed by atoms with van der Waals surface area (Å²) < 4.78 is 0. The second kappa shape index (κ2) is 7.32. The Morgan fingerprint density at radius 3 is 2.41 bits per heavy atom. The van der Waals surface area contributed by atoms with Crippen molar-refractivity contribution in [3.63, 3.8) is 0 Å². The lowest BCUT2D eigenvalue weighted by molar-refractivity contribution is 0.0981. The minimum atomic E-state index is -0.0657. The molecule has 29 heavy (non-hydrogen) atoms. The van der Waals surface area contributed by atoms with Crippen LogP contribution in [0, 0.1) is 0 Å². The Morgan fingerprint density at radius 2 is 1.69 bits per heavy atom. The van der Waals surface area contributed by atoms with Crippen LogP contribution < -0.4 is 10.2 Å². The lowest BCUT2D eigenvalue weighted by Crippen LogP contribution is -2.35. The quantitative estimate of drug-likeness (QED) is 0.680. The number of nitrogens with one attached hydrogen (secondary N) is 1. The Hall–Kier alpha value is -3.21. The highest BCUT2D eigenvalue weighted by Gasteiger charge is 2.31. The molecule has 0 spiro atoms. The molecule has 0 radical (unpaired) electrons. The van der Waals surface area contributed by atoms with Gasteiger partial charge < -0.3 is 10.2 Å². The molecular weight excluding hydrogens is 360 g/mol. The number of aromatic nitrogens is 2. The molecule has 0 bridgehead atoms. The van der Waals surface area contributed by atoms with E-state index in [1.165, 1.54) is 11.1 Å². The Kier molecular flexibility index (Phi) is 4.82. The van der Waals surface area contributed by atoms with Crippen molar-refractivity contribution >= 4 is 23.2 Å². The molecule has 2 heterocycles. The zero-order valence-electron chi connectivity index (χ0n) is 17.3. The van der Waals surface area contributed by atoms with Crippen molar-refractivity contribution in [1.29, 1.82) is 0 Å². The topological polar surface area (TPSA) is 58.1 Å². The van der Waals surface area contributed by atoms with E-state index in [-0.39, 0.29) is 17.4 Å². The molecule has 1 aliphatic rings. The summed E-state index contributed by atoms with van der Waals surface area (Å²) in [5.74, 6) is 0.414. The number of para-hydroxylation sites is 2. The van der Waals surface area contributed by atoms with Crippen molar-refractivity contribution in [3.8, 4) is 0 Å². The van der Waals surface area contributed by atoms with Gasteiger partial charge in [0.1, 0.15) is 0 Å². The second-order valence-corrected chi connectivity index (χ2v) is 8.57. The normalized spacial score (nSPS) is 15.9. The van der Waals surface area contributed by atoms with Crippen molar-refractivity contribution in [2.45, 2.75) is 45.6 Å². The van der Waals surface area contributed by atoms with Crippen molar-refractivity contribution in [3.05, 3.63) is 77.6 Å². The SMILES string of the molecule is CC1Cc2ccccc2N1C(=O)c1cnc(Nc2ccccc2C(C)(C)C)nc1. The summed E-state index contributed by atoms with van der Waals surface area (Å²) in [4.78, 5) is 23.7. The monoisotopic (exact) mass is 386 g/mol. The molecule has 0 fully saturated rings. The average Bonchev–Trinajstić information content (AvgIpc) is 3.03. The first-order chi connectivity index (χ1) is 13.8. The fourth-order valence-electron chi connectivity index (χ4n) is 3.88. The second-order valence-electron chi connectivity index (χ2n) is 8.57. The maximum Gasteiger partial charge on any atom is 0.261 e. The van der Waals surface area contributed by atoms with Gasteiger partial charge in [-0.2, -0.15) is 0 Å². The summed E-state index contributed by atoms with van der Waals surface area (Å²) in [7, 11) is 0. The maximum absolute atomic E-state index is 13.1. The van der Waals surface area contributed by atoms with Crippen LogP contribution in [0.2, 0.25) is 0 Å². The molecular formula is C24H26N4O. The van der Waals surface area contributed by atoms with Crippen LogP contribution in [-0.4, -0.2) is 21.9 Å². The third kappa shape index (κ3) is 3.73. The van der Waals surface area contributed by atoms with Gasteiger partial charge in [-0.1, -0.05) is 57.2 Å². The van der Waals surface area contributed by atoms with Crippen molar-refractivity contribution < 1.29 is 4.79 Å². The van der Waals surface area contributed by atoms with E-state index in [4.69, 9.17) is 0 Å². The molecule has 1 N–H and O–H groups in total. The van der Waals surface area contributed by atoms with Gasteiger partial charge in [0.2, 0.25) is 5.95 Å². The molecule has 0 saturated carbocycles. The number of rotatable bonds is 3. The number of benzene rings is 2. The van der Waals surface area contributed by atoms with Crippen molar-refractivity contribution in [2.24, 2.45) is 0 Å². The number of hydrogen-bond donors (Lipinski definition) is 1. The zero-order chi connectivity index (χ0) is 20.6. The third-order valence-electron chi connectivity index (χ3n) is 5.31. The van der Waals surface area contributed by atoms with Crippen LogP contribution in [0.4, 0.5) is 17.3 Å². The third-order valence-corrected chi connectivity index (χ3v) is 5.31. The molecule has 5 nitrogen and oxygen atoms in total. The molecule has 0 aliphatic carbocycles. The van der Waals surface area contributed by atoms with Gasteiger partial charge in [-0.3, -0.25) is 4.79 Å². The van der Waals surface area contributed by atoms with Crippen LogP contribution in [0.25, 0.3) is 0 Å². The number of carbonyl (C=O) groups excluding carboxylic acids is 1. The average molecular weight is 386 g/mol. The number of nitrogens with zero attached hydrogens (tertiary/aromatic N) is 3. The van der Waals surface area contributed by atoms with E-state index in [2.05, 4.69) is 55.1 Å². The summed E-state index contributed by atoms with van der Waals surface area (Å²) in [6, 6.07) is 16.3. The number of carbonyl (C=O) groups is 1. The van der Waals surface area contributed by atoms with Crippen molar-refractivity contribution in [1.82, 2.24) is 9.97 Å². The van der Waals surface area contributed by atoms with Crippen LogP contribution in [-0.2, 0) is 11.8 Å². The van der Waals surface area contributed by atoms with Gasteiger partial charge in [0, 0.05) is 29.8 Å². The van der Waals surface area contributed by atoms with E-state index in [1.54, 1.807) is 12.4 Å². The molecule has 0 saturated heterocycles. The van der Waals surface area contributed by atoms with E-state index < -0.39 is 0 Å². The summed E-state index contributed by atoms with van der Waals surface area (Å²) in [5, 5.41) is 3.29. The van der Waals surface area contributed by atoms with Crippen LogP contribution in [0.15, 0.2) is 60.9 Å². The molecule has 5 heteroatoms. The first-order valence-corrected chi connectivity index (χ1v) is 9.94. The van der Waals surface area contributed by atoms with E-state index >= 15 is 0 Å². The van der Waals surface area contributed by atoms with E-state index in [9.17, 15) is 4.79 Å². The minimum absolute atomic E-state index is 0.00121. The Balaban J connectivity index is 1.56. The Labute approximate surface area is 171 Å². The largest absolute Gasteiger partial charge is 0.324 e. The molecule has 1 aliphatic heterocycles. The summed E-state index contributed by atoms with van der Waals surface area (Å²) in [5.41, 5.74) is 4.83. The van der Waals surface area contributed by atoms with Gasteiger partial charge >= 0.3 is 0 Å². The maximum atomic E-state index is 13.1. The lowest BCUT2D eigenvalue weighted by Gasteiger charge is -2.23. The predicted octanol–water partition coefficient (Wildman–Crippen LogP) is 5.11. The summed E-state index contributed by atoms with van der Waals surface area (Å²) >= 11 is 0. The van der Waals surface area contributed by atoms with Crippen LogP contribution in [0.1, 0.15) is 49.2 Å². The first kappa shape index (κ1) is 19.1. The molecule has 2 aromatic carbocycles. The summed E-state index contributed by atoms with van der Waals surface area (Å²) in [6.45, 7) is 8.58. The zero-order valence-corrected chi connectivity index (χ0v) is 17.3. The van der Waals surface area contributed by atoms with Crippen LogP contribution in [0.3, 0.4) is 0 Å². The van der Waals surface area contributed by atoms with Crippen LogP contribution in [0.5, 0.6) is 0 Å². The van der Waals surface area contributed by atoms with Gasteiger partial charge in [-0.25, -0.2) is 9.97 Å². The molecule has 1 atom stereocenters. The first-order valence-electron chi connectivity index (χ1n) is 9.94. The fraction of sp³-hybridized carbons (Fsp3) is 0.292. The standard InChI is InChI=1S/C24H26N4O/c1-16-13-17-9-5-8-12-21(17)28(16)22(29)18-14-25-23(26-15-18)27-20-11-7-6-10-19(20)24(2,3)4/h5-12,14-16H,13H2,1-4H3,(H,25,26,27). The van der Waals surface area contributed by atoms with Crippen LogP contribution >= 0.6 is 0 Å². The highest BCUT2D eigenvalue weighted by atomic mass is 16.2. The number of anilines is 3. The molecule has 1 aromatic heterocycles. The molecule has 3 aromatic rings. The molecule has 4 rings (SSSR count). The minimum Gasteiger partial charge on any atom is -0.324 e. The highest BCUT2D eigenvalue weighted by molar-refractivity contribution is 6.07. The van der Waals surface area contributed by atoms with Gasteiger partial charge in [-0.15, -0.1) is 0 Å². The van der Waals surface area contributed by atoms with Gasteiger partial charge in [0.15, 0.2) is 0 Å².